The number of ether oxygens (including phenoxy) is 1. The predicted octanol–water partition coefficient (Wildman–Crippen LogP) is 6.18. The van der Waals surface area contributed by atoms with Crippen LogP contribution < -0.4 is 5.32 Å². The van der Waals surface area contributed by atoms with Crippen LogP contribution >= 0.6 is 0 Å². The number of hydrogen-bond donors (Lipinski definition) is 2. The van der Waals surface area contributed by atoms with Gasteiger partial charge in [0, 0.05) is 5.56 Å². The van der Waals surface area contributed by atoms with Crippen molar-refractivity contribution in [1.29, 1.82) is 0 Å². The summed E-state index contributed by atoms with van der Waals surface area (Å²) < 4.78 is 10.8. The van der Waals surface area contributed by atoms with E-state index in [1.807, 2.05) is 78.9 Å². The van der Waals surface area contributed by atoms with Crippen molar-refractivity contribution in [3.63, 3.8) is 0 Å². The van der Waals surface area contributed by atoms with Gasteiger partial charge in [-0.2, -0.15) is 0 Å². The minimum atomic E-state index is -0.759. The minimum Gasteiger partial charge on any atom is -0.481 e. The summed E-state index contributed by atoms with van der Waals surface area (Å²) >= 11 is 0. The quantitative estimate of drug-likeness (QED) is 0.336. The van der Waals surface area contributed by atoms with Gasteiger partial charge in [-0.15, -0.1) is 0 Å². The molecule has 1 amide bonds. The number of hydrogen-bond acceptors (Lipinski definition) is 5. The van der Waals surface area contributed by atoms with Crippen LogP contribution in [0, 0.1) is 6.92 Å². The number of aromatic nitrogens is 1. The third-order valence-electron chi connectivity index (χ3n) is 6.38. The number of benzene rings is 3. The fourth-order valence-corrected chi connectivity index (χ4v) is 4.12. The van der Waals surface area contributed by atoms with Crippen LogP contribution in [0.2, 0.25) is 0 Å². The average Bonchev–Trinajstić information content (AvgIpc) is 3.63. The fourth-order valence-electron chi connectivity index (χ4n) is 4.12. The maximum atomic E-state index is 12.4. The van der Waals surface area contributed by atoms with E-state index in [1.54, 1.807) is 6.92 Å². The Morgan fingerprint density at radius 1 is 0.943 bits per heavy atom. The molecule has 0 atom stereocenters. The van der Waals surface area contributed by atoms with E-state index in [2.05, 4.69) is 10.5 Å². The summed E-state index contributed by atoms with van der Waals surface area (Å²) in [5, 5.41) is 16.2. The van der Waals surface area contributed by atoms with Gasteiger partial charge < -0.3 is 14.4 Å². The Morgan fingerprint density at radius 3 is 2.14 bits per heavy atom. The molecule has 1 saturated carbocycles. The lowest BCUT2D eigenvalue weighted by molar-refractivity contribution is -0.140. The third kappa shape index (κ3) is 4.53. The van der Waals surface area contributed by atoms with Crippen molar-refractivity contribution in [3.8, 4) is 22.5 Å². The zero-order chi connectivity index (χ0) is 24.4. The van der Waals surface area contributed by atoms with Crippen LogP contribution in [-0.4, -0.2) is 22.3 Å². The number of anilines is 1. The summed E-state index contributed by atoms with van der Waals surface area (Å²) in [6.45, 7) is 1.91. The number of rotatable bonds is 7. The summed E-state index contributed by atoms with van der Waals surface area (Å²) in [7, 11) is 0. The van der Waals surface area contributed by atoms with Crippen LogP contribution in [0.3, 0.4) is 0 Å². The molecule has 0 radical (unpaired) electrons. The normalized spacial score (nSPS) is 13.7. The first-order chi connectivity index (χ1) is 17.0. The molecular weight excluding hydrogens is 444 g/mol. The number of carbonyl (C=O) groups is 2. The van der Waals surface area contributed by atoms with Gasteiger partial charge in [0.1, 0.15) is 18.0 Å². The summed E-state index contributed by atoms with van der Waals surface area (Å²) in [6.07, 6.45) is 0.777. The second-order valence-corrected chi connectivity index (χ2v) is 8.70. The third-order valence-corrected chi connectivity index (χ3v) is 6.38. The van der Waals surface area contributed by atoms with Crippen molar-refractivity contribution in [2.24, 2.45) is 0 Å². The Balaban J connectivity index is 1.29. The molecule has 0 bridgehead atoms. The number of carboxylic acids is 1. The second-order valence-electron chi connectivity index (χ2n) is 8.70. The van der Waals surface area contributed by atoms with E-state index in [1.165, 1.54) is 0 Å². The van der Waals surface area contributed by atoms with Gasteiger partial charge >= 0.3 is 12.1 Å². The van der Waals surface area contributed by atoms with Crippen molar-refractivity contribution in [1.82, 2.24) is 5.16 Å². The lowest BCUT2D eigenvalue weighted by Crippen LogP contribution is -2.19. The van der Waals surface area contributed by atoms with Crippen molar-refractivity contribution in [2.75, 3.05) is 5.32 Å². The van der Waals surface area contributed by atoms with E-state index in [9.17, 15) is 14.7 Å². The van der Waals surface area contributed by atoms with E-state index < -0.39 is 17.5 Å². The zero-order valence-electron chi connectivity index (χ0n) is 19.2. The Hall–Kier alpha value is -4.39. The van der Waals surface area contributed by atoms with Crippen LogP contribution in [0.5, 0.6) is 0 Å². The SMILES string of the molecule is Cc1noc(-c2ccc(-c3ccc(C4(C(=O)O)CC4)cc3)cc2)c1NC(=O)OCc1ccccc1. The van der Waals surface area contributed by atoms with E-state index in [0.29, 0.717) is 30.0 Å². The van der Waals surface area contributed by atoms with Gasteiger partial charge in [0.25, 0.3) is 0 Å². The summed E-state index contributed by atoms with van der Waals surface area (Å²) in [5.41, 5.74) is 4.75. The largest absolute Gasteiger partial charge is 0.481 e. The lowest BCUT2D eigenvalue weighted by Gasteiger charge is -2.11. The highest BCUT2D eigenvalue weighted by molar-refractivity contribution is 5.91. The van der Waals surface area contributed by atoms with E-state index in [4.69, 9.17) is 9.26 Å². The van der Waals surface area contributed by atoms with Crippen molar-refractivity contribution < 1.29 is 24.0 Å². The molecule has 1 heterocycles. The molecule has 176 valence electrons. The van der Waals surface area contributed by atoms with Gasteiger partial charge in [0.15, 0.2) is 5.76 Å². The van der Waals surface area contributed by atoms with Gasteiger partial charge in [0.05, 0.1) is 5.41 Å². The summed E-state index contributed by atoms with van der Waals surface area (Å²) in [4.78, 5) is 23.9. The molecule has 7 heteroatoms. The number of carboxylic acid groups (broad SMARTS) is 1. The monoisotopic (exact) mass is 468 g/mol. The molecule has 7 nitrogen and oxygen atoms in total. The molecule has 3 aromatic carbocycles. The number of nitrogens with one attached hydrogen (secondary N) is 1. The Morgan fingerprint density at radius 2 is 1.54 bits per heavy atom. The first kappa shape index (κ1) is 22.4. The van der Waals surface area contributed by atoms with E-state index >= 15 is 0 Å². The first-order valence-electron chi connectivity index (χ1n) is 11.3. The van der Waals surface area contributed by atoms with Crippen molar-refractivity contribution in [3.05, 3.63) is 95.7 Å². The number of aliphatic carboxylic acids is 1. The molecule has 1 aliphatic carbocycles. The second kappa shape index (κ2) is 9.10. The van der Waals surface area contributed by atoms with E-state index in [0.717, 1.165) is 27.8 Å². The average molecular weight is 469 g/mol. The number of aryl methyl sites for hydroxylation is 1. The molecule has 1 aliphatic rings. The van der Waals surface area contributed by atoms with Gasteiger partial charge in [-0.1, -0.05) is 84.0 Å². The molecular formula is C28H24N2O5. The molecule has 5 rings (SSSR count). The minimum absolute atomic E-state index is 0.160. The first-order valence-corrected chi connectivity index (χ1v) is 11.3. The highest BCUT2D eigenvalue weighted by Gasteiger charge is 2.51. The van der Waals surface area contributed by atoms with Gasteiger partial charge in [-0.3, -0.25) is 10.1 Å². The highest BCUT2D eigenvalue weighted by atomic mass is 16.5. The number of nitrogens with zero attached hydrogens (tertiary/aromatic N) is 1. The summed E-state index contributed by atoms with van der Waals surface area (Å²) in [5.74, 6) is -0.316. The topological polar surface area (TPSA) is 102 Å². The molecule has 4 aromatic rings. The lowest BCUT2D eigenvalue weighted by atomic mass is 9.93. The molecule has 2 N–H and O–H groups in total. The van der Waals surface area contributed by atoms with Crippen LogP contribution in [0.4, 0.5) is 10.5 Å². The van der Waals surface area contributed by atoms with Gasteiger partial charge in [0.2, 0.25) is 0 Å². The Bertz CT molecular complexity index is 1350. The molecule has 0 unspecified atom stereocenters. The molecule has 35 heavy (non-hydrogen) atoms. The van der Waals surface area contributed by atoms with Crippen LogP contribution in [0.1, 0.15) is 29.7 Å². The summed E-state index contributed by atoms with van der Waals surface area (Å²) in [6, 6.07) is 24.8. The van der Waals surface area contributed by atoms with Crippen molar-refractivity contribution in [2.45, 2.75) is 31.8 Å². The molecule has 0 saturated heterocycles. The maximum Gasteiger partial charge on any atom is 0.412 e. The Kier molecular flexibility index (Phi) is 5.82. The van der Waals surface area contributed by atoms with Gasteiger partial charge in [-0.05, 0) is 42.0 Å². The standard InChI is InChI=1S/C28H24N2O5/c1-18-24(29-27(33)34-17-19-5-3-2-4-6-19)25(35-30-18)22-9-7-20(8-10-22)21-11-13-23(14-12-21)28(15-16-28)26(31)32/h2-14H,15-17H2,1H3,(H,29,33)(H,31,32). The molecule has 1 aromatic heterocycles. The van der Waals surface area contributed by atoms with Gasteiger partial charge in [-0.25, -0.2) is 4.79 Å². The van der Waals surface area contributed by atoms with Crippen LogP contribution in [0.25, 0.3) is 22.5 Å². The maximum absolute atomic E-state index is 12.4. The van der Waals surface area contributed by atoms with E-state index in [-0.39, 0.29) is 6.61 Å². The zero-order valence-corrected chi connectivity index (χ0v) is 19.2. The van der Waals surface area contributed by atoms with Crippen LogP contribution in [0.15, 0.2) is 83.4 Å². The van der Waals surface area contributed by atoms with Crippen molar-refractivity contribution >= 4 is 17.7 Å². The predicted molar refractivity (Wildman–Crippen MR) is 131 cm³/mol. The molecule has 0 aliphatic heterocycles. The number of amides is 1. The fraction of sp³-hybridized carbons (Fsp3) is 0.179. The molecule has 0 spiro atoms. The number of carbonyl (C=O) groups excluding carboxylic acids is 1. The molecule has 1 fully saturated rings. The Labute approximate surface area is 202 Å². The van der Waals surface area contributed by atoms with Crippen LogP contribution in [-0.2, 0) is 21.6 Å². The highest BCUT2D eigenvalue weighted by Crippen LogP contribution is 2.48. The smallest absolute Gasteiger partial charge is 0.412 e.